The summed E-state index contributed by atoms with van der Waals surface area (Å²) < 4.78 is 15.3. The van der Waals surface area contributed by atoms with Gasteiger partial charge in [0, 0.05) is 13.1 Å². The fraction of sp³-hybridized carbons (Fsp3) is 0.211. The number of halogens is 1. The molecule has 0 aliphatic carbocycles. The van der Waals surface area contributed by atoms with Gasteiger partial charge in [-0.15, -0.1) is 0 Å². The lowest BCUT2D eigenvalue weighted by Gasteiger charge is -2.13. The van der Waals surface area contributed by atoms with E-state index < -0.39 is 5.69 Å². The summed E-state index contributed by atoms with van der Waals surface area (Å²) in [5.41, 5.74) is 0.281. The third-order valence-corrected chi connectivity index (χ3v) is 4.15. The van der Waals surface area contributed by atoms with E-state index in [1.54, 1.807) is 43.3 Å². The molecule has 3 aromatic rings. The molecular weight excluding hydrogens is 337 g/mol. The Bertz CT molecular complexity index is 1070. The van der Waals surface area contributed by atoms with Crippen LogP contribution in [-0.2, 0) is 24.4 Å². The van der Waals surface area contributed by atoms with E-state index in [9.17, 15) is 18.8 Å². The number of amides is 1. The highest BCUT2D eigenvalue weighted by molar-refractivity contribution is 5.81. The monoisotopic (exact) mass is 355 g/mol. The molecule has 0 unspecified atom stereocenters. The van der Waals surface area contributed by atoms with Crippen LogP contribution in [0.25, 0.3) is 10.9 Å². The van der Waals surface area contributed by atoms with E-state index in [0.717, 1.165) is 10.1 Å². The highest BCUT2D eigenvalue weighted by atomic mass is 19.1. The average Bonchev–Trinajstić information content (AvgIpc) is 2.65. The number of rotatable bonds is 5. The van der Waals surface area contributed by atoms with Crippen molar-refractivity contribution in [1.29, 1.82) is 0 Å². The summed E-state index contributed by atoms with van der Waals surface area (Å²) >= 11 is 0. The van der Waals surface area contributed by atoms with Crippen molar-refractivity contribution in [3.63, 3.8) is 0 Å². The second-order valence-electron chi connectivity index (χ2n) is 5.84. The second-order valence-corrected chi connectivity index (χ2v) is 5.84. The predicted octanol–water partition coefficient (Wildman–Crippen LogP) is 1.64. The number of para-hydroxylation sites is 1. The molecule has 2 aromatic carbocycles. The van der Waals surface area contributed by atoms with Gasteiger partial charge in [0.05, 0.1) is 10.9 Å². The van der Waals surface area contributed by atoms with Gasteiger partial charge in [-0.1, -0.05) is 24.3 Å². The Morgan fingerprint density at radius 1 is 1.04 bits per heavy atom. The van der Waals surface area contributed by atoms with Crippen LogP contribution in [0, 0.1) is 5.82 Å². The summed E-state index contributed by atoms with van der Waals surface area (Å²) in [4.78, 5) is 37.3. The first-order valence-electron chi connectivity index (χ1n) is 8.24. The summed E-state index contributed by atoms with van der Waals surface area (Å²) in [6.07, 6.45) is 0. The van der Waals surface area contributed by atoms with Crippen molar-refractivity contribution >= 4 is 16.8 Å². The van der Waals surface area contributed by atoms with Crippen LogP contribution in [0.1, 0.15) is 12.5 Å². The second kappa shape index (κ2) is 7.35. The Balaban J connectivity index is 1.88. The van der Waals surface area contributed by atoms with Gasteiger partial charge in [-0.2, -0.15) is 0 Å². The van der Waals surface area contributed by atoms with Crippen LogP contribution in [0.5, 0.6) is 0 Å². The molecular formula is C19H18FN3O3. The standard InChI is InChI=1S/C19H18FN3O3/c1-2-22-18(25)15-5-3-4-6-16(15)23(19(22)26)12-17(24)21-11-13-7-9-14(20)10-8-13/h3-10H,2,11-12H2,1H3,(H,21,24). The minimum atomic E-state index is -0.520. The number of aromatic nitrogens is 2. The number of hydrogen-bond acceptors (Lipinski definition) is 3. The van der Waals surface area contributed by atoms with Crippen molar-refractivity contribution in [3.8, 4) is 0 Å². The fourth-order valence-corrected chi connectivity index (χ4v) is 2.80. The lowest BCUT2D eigenvalue weighted by atomic mass is 10.2. The molecule has 1 aromatic heterocycles. The Kier molecular flexibility index (Phi) is 4.97. The van der Waals surface area contributed by atoms with E-state index in [-0.39, 0.29) is 36.9 Å². The predicted molar refractivity (Wildman–Crippen MR) is 96.4 cm³/mol. The molecule has 0 spiro atoms. The molecule has 0 aliphatic heterocycles. The number of hydrogen-bond donors (Lipinski definition) is 1. The highest BCUT2D eigenvalue weighted by Crippen LogP contribution is 2.07. The topological polar surface area (TPSA) is 73.1 Å². The first-order valence-corrected chi connectivity index (χ1v) is 8.24. The van der Waals surface area contributed by atoms with Crippen molar-refractivity contribution < 1.29 is 9.18 Å². The maximum atomic E-state index is 12.9. The number of carbonyl (C=O) groups is 1. The molecule has 0 bridgehead atoms. The fourth-order valence-electron chi connectivity index (χ4n) is 2.80. The zero-order valence-corrected chi connectivity index (χ0v) is 14.2. The van der Waals surface area contributed by atoms with Gasteiger partial charge in [-0.3, -0.25) is 18.7 Å². The van der Waals surface area contributed by atoms with Gasteiger partial charge in [-0.25, -0.2) is 9.18 Å². The van der Waals surface area contributed by atoms with Gasteiger partial charge in [0.15, 0.2) is 0 Å². The molecule has 0 saturated carbocycles. The average molecular weight is 355 g/mol. The lowest BCUT2D eigenvalue weighted by molar-refractivity contribution is -0.121. The van der Waals surface area contributed by atoms with Crippen LogP contribution in [-0.4, -0.2) is 15.0 Å². The summed E-state index contributed by atoms with van der Waals surface area (Å²) in [6, 6.07) is 12.5. The molecule has 0 atom stereocenters. The zero-order valence-electron chi connectivity index (χ0n) is 14.2. The van der Waals surface area contributed by atoms with Gasteiger partial charge < -0.3 is 5.32 Å². The summed E-state index contributed by atoms with van der Waals surface area (Å²) in [5, 5.41) is 3.09. The minimum absolute atomic E-state index is 0.208. The molecule has 0 aliphatic rings. The normalized spacial score (nSPS) is 10.8. The maximum absolute atomic E-state index is 12.9. The van der Waals surface area contributed by atoms with Gasteiger partial charge >= 0.3 is 5.69 Å². The van der Waals surface area contributed by atoms with E-state index in [2.05, 4.69) is 5.32 Å². The molecule has 0 fully saturated rings. The molecule has 26 heavy (non-hydrogen) atoms. The zero-order chi connectivity index (χ0) is 18.7. The summed E-state index contributed by atoms with van der Waals surface area (Å²) in [7, 11) is 0. The van der Waals surface area contributed by atoms with Crippen molar-refractivity contribution in [2.45, 2.75) is 26.6 Å². The number of benzene rings is 2. The first-order chi connectivity index (χ1) is 12.5. The van der Waals surface area contributed by atoms with Crippen molar-refractivity contribution in [1.82, 2.24) is 14.5 Å². The van der Waals surface area contributed by atoms with Gasteiger partial charge in [0.2, 0.25) is 5.91 Å². The van der Waals surface area contributed by atoms with Crippen LogP contribution in [0.15, 0.2) is 58.1 Å². The Morgan fingerprint density at radius 2 is 1.73 bits per heavy atom. The number of nitrogens with zero attached hydrogens (tertiary/aromatic N) is 2. The third kappa shape index (κ3) is 3.42. The number of nitrogens with one attached hydrogen (secondary N) is 1. The van der Waals surface area contributed by atoms with Gasteiger partial charge in [-0.05, 0) is 36.8 Å². The first kappa shape index (κ1) is 17.6. The van der Waals surface area contributed by atoms with E-state index in [0.29, 0.717) is 10.9 Å². The Morgan fingerprint density at radius 3 is 2.42 bits per heavy atom. The van der Waals surface area contributed by atoms with E-state index in [1.807, 2.05) is 0 Å². The van der Waals surface area contributed by atoms with E-state index in [4.69, 9.17) is 0 Å². The highest BCUT2D eigenvalue weighted by Gasteiger charge is 2.14. The third-order valence-electron chi connectivity index (χ3n) is 4.15. The maximum Gasteiger partial charge on any atom is 0.331 e. The van der Waals surface area contributed by atoms with E-state index in [1.165, 1.54) is 16.7 Å². The van der Waals surface area contributed by atoms with Crippen LogP contribution < -0.4 is 16.6 Å². The van der Waals surface area contributed by atoms with E-state index >= 15 is 0 Å². The van der Waals surface area contributed by atoms with Crippen LogP contribution >= 0.6 is 0 Å². The van der Waals surface area contributed by atoms with Crippen LogP contribution in [0.3, 0.4) is 0 Å². The Labute approximate surface area is 148 Å². The van der Waals surface area contributed by atoms with Crippen LogP contribution in [0.2, 0.25) is 0 Å². The molecule has 1 N–H and O–H groups in total. The molecule has 0 radical (unpaired) electrons. The van der Waals surface area contributed by atoms with Crippen molar-refractivity contribution in [3.05, 3.63) is 80.7 Å². The SMILES string of the molecule is CCn1c(=O)c2ccccc2n(CC(=O)NCc2ccc(F)cc2)c1=O. The quantitative estimate of drug-likeness (QED) is 0.756. The molecule has 134 valence electrons. The smallest absolute Gasteiger partial charge is 0.331 e. The van der Waals surface area contributed by atoms with Gasteiger partial charge in [0.1, 0.15) is 12.4 Å². The minimum Gasteiger partial charge on any atom is -0.350 e. The Hall–Kier alpha value is -3.22. The molecule has 3 rings (SSSR count). The van der Waals surface area contributed by atoms with Gasteiger partial charge in [0.25, 0.3) is 5.56 Å². The molecule has 7 heteroatoms. The molecule has 6 nitrogen and oxygen atoms in total. The molecule has 0 saturated heterocycles. The number of fused-ring (bicyclic) bond motifs is 1. The van der Waals surface area contributed by atoms with Crippen molar-refractivity contribution in [2.75, 3.05) is 0 Å². The molecule has 1 amide bonds. The largest absolute Gasteiger partial charge is 0.350 e. The summed E-state index contributed by atoms with van der Waals surface area (Å²) in [6.45, 7) is 1.94. The lowest BCUT2D eigenvalue weighted by Crippen LogP contribution is -2.42. The van der Waals surface area contributed by atoms with Crippen molar-refractivity contribution in [2.24, 2.45) is 0 Å². The molecule has 1 heterocycles. The number of carbonyl (C=O) groups excluding carboxylic acids is 1. The summed E-state index contributed by atoms with van der Waals surface area (Å²) in [5.74, 6) is -0.720. The van der Waals surface area contributed by atoms with Crippen LogP contribution in [0.4, 0.5) is 4.39 Å².